The van der Waals surface area contributed by atoms with Crippen LogP contribution in [0.1, 0.15) is 0 Å². The smallest absolute Gasteiger partial charge is 0.217 e. The van der Waals surface area contributed by atoms with E-state index in [4.69, 9.17) is 51.7 Å². The van der Waals surface area contributed by atoms with Crippen molar-refractivity contribution in [3.8, 4) is 6.07 Å². The number of halogens is 4. The minimum atomic E-state index is -3.80. The number of hydrogen-bond acceptors (Lipinski definition) is 3. The number of benzene rings is 1. The van der Waals surface area contributed by atoms with Gasteiger partial charge in [0.25, 0.3) is 0 Å². The summed E-state index contributed by atoms with van der Waals surface area (Å²) in [6, 6.07) is 5.28. The molecule has 3 nitrogen and oxygen atoms in total. The molecule has 0 unspecified atom stereocenters. The van der Waals surface area contributed by atoms with Crippen LogP contribution in [0.2, 0.25) is 10.0 Å². The zero-order valence-corrected chi connectivity index (χ0v) is 12.0. The van der Waals surface area contributed by atoms with E-state index in [1.54, 1.807) is 0 Å². The van der Waals surface area contributed by atoms with E-state index >= 15 is 0 Å². The van der Waals surface area contributed by atoms with Gasteiger partial charge in [0.05, 0.1) is 14.9 Å². The van der Waals surface area contributed by atoms with Crippen LogP contribution in [0.5, 0.6) is 0 Å². The summed E-state index contributed by atoms with van der Waals surface area (Å²) in [4.78, 5) is -0.0900. The number of sulfone groups is 1. The van der Waals surface area contributed by atoms with Crippen molar-refractivity contribution in [1.29, 1.82) is 5.26 Å². The van der Waals surface area contributed by atoms with Gasteiger partial charge in [-0.3, -0.25) is 0 Å². The number of nitriles is 1. The molecule has 0 aromatic heterocycles. The van der Waals surface area contributed by atoms with E-state index in [1.807, 2.05) is 0 Å². The van der Waals surface area contributed by atoms with Gasteiger partial charge in [0.2, 0.25) is 4.33 Å². The Morgan fingerprint density at radius 3 is 2.29 bits per heavy atom. The molecule has 0 atom stereocenters. The highest BCUT2D eigenvalue weighted by atomic mass is 35.5. The van der Waals surface area contributed by atoms with Gasteiger partial charge in [0.15, 0.2) is 9.84 Å². The van der Waals surface area contributed by atoms with E-state index in [0.717, 1.165) is 0 Å². The molecule has 0 saturated heterocycles. The van der Waals surface area contributed by atoms with Crippen LogP contribution >= 0.6 is 46.4 Å². The van der Waals surface area contributed by atoms with Gasteiger partial charge in [-0.1, -0.05) is 46.4 Å². The summed E-state index contributed by atoms with van der Waals surface area (Å²) < 4.78 is 21.7. The molecule has 0 saturated carbocycles. The Kier molecular flexibility index (Phi) is 4.56. The summed E-state index contributed by atoms with van der Waals surface area (Å²) in [6.07, 6.45) is 0. The minimum Gasteiger partial charge on any atom is -0.224 e. The predicted molar refractivity (Wildman–Crippen MR) is 68.6 cm³/mol. The number of hydrogen-bond donors (Lipinski definition) is 0. The number of rotatable bonds is 3. The molecule has 1 rings (SSSR count). The Hall–Kier alpha value is -0.180. The molecule has 0 N–H and O–H groups in total. The molecule has 0 aliphatic rings. The lowest BCUT2D eigenvalue weighted by atomic mass is 10.4. The lowest BCUT2D eigenvalue weighted by Crippen LogP contribution is -2.23. The molecule has 0 fully saturated rings. The molecule has 0 amide bonds. The zero-order chi connectivity index (χ0) is 13.3. The first kappa shape index (κ1) is 14.9. The van der Waals surface area contributed by atoms with Gasteiger partial charge in [-0.15, -0.1) is 0 Å². The van der Waals surface area contributed by atoms with Crippen molar-refractivity contribution < 1.29 is 8.42 Å². The van der Waals surface area contributed by atoms with Crippen LogP contribution in [-0.2, 0) is 9.84 Å². The average Bonchev–Trinajstić information content (AvgIpc) is 2.20. The Bertz CT molecular complexity index is 577. The molecule has 1 aromatic rings. The first-order valence-corrected chi connectivity index (χ1v) is 7.31. The third kappa shape index (κ3) is 3.90. The fourth-order valence-electron chi connectivity index (χ4n) is 1.02. The van der Waals surface area contributed by atoms with Crippen LogP contribution in [-0.4, -0.2) is 18.5 Å². The van der Waals surface area contributed by atoms with Gasteiger partial charge in [0.1, 0.15) is 11.8 Å². The van der Waals surface area contributed by atoms with Crippen molar-refractivity contribution in [2.24, 2.45) is 0 Å². The molecular formula is C9H5Cl4NO2S. The maximum absolute atomic E-state index is 11.8. The second kappa shape index (κ2) is 5.21. The Morgan fingerprint density at radius 1 is 1.24 bits per heavy atom. The van der Waals surface area contributed by atoms with E-state index in [2.05, 4.69) is 0 Å². The van der Waals surface area contributed by atoms with Crippen LogP contribution in [0.3, 0.4) is 0 Å². The van der Waals surface area contributed by atoms with Gasteiger partial charge >= 0.3 is 0 Å². The molecule has 17 heavy (non-hydrogen) atoms. The first-order valence-electron chi connectivity index (χ1n) is 4.15. The summed E-state index contributed by atoms with van der Waals surface area (Å²) in [5, 5.41) is 8.90. The van der Waals surface area contributed by atoms with Crippen LogP contribution in [0.25, 0.3) is 0 Å². The minimum absolute atomic E-state index is 0.0900. The van der Waals surface area contributed by atoms with Crippen molar-refractivity contribution in [2.75, 3.05) is 5.75 Å². The van der Waals surface area contributed by atoms with Gasteiger partial charge < -0.3 is 0 Å². The highest BCUT2D eigenvalue weighted by Crippen LogP contribution is 2.29. The van der Waals surface area contributed by atoms with Crippen molar-refractivity contribution >= 4 is 56.2 Å². The lowest BCUT2D eigenvalue weighted by Gasteiger charge is -2.11. The molecule has 1 aromatic carbocycles. The van der Waals surface area contributed by atoms with Crippen molar-refractivity contribution in [3.05, 3.63) is 28.2 Å². The third-order valence-electron chi connectivity index (χ3n) is 1.79. The molecule has 0 bridgehead atoms. The summed E-state index contributed by atoms with van der Waals surface area (Å²) in [5.41, 5.74) is 0. The SMILES string of the molecule is N#CC(Cl)(Cl)CS(=O)(=O)c1ccc(Cl)c(Cl)c1. The van der Waals surface area contributed by atoms with E-state index in [1.165, 1.54) is 24.3 Å². The van der Waals surface area contributed by atoms with Crippen LogP contribution in [0.15, 0.2) is 23.1 Å². The molecular weight excluding hydrogens is 328 g/mol. The molecule has 8 heteroatoms. The monoisotopic (exact) mass is 331 g/mol. The van der Waals surface area contributed by atoms with E-state index < -0.39 is 19.9 Å². The maximum atomic E-state index is 11.8. The van der Waals surface area contributed by atoms with E-state index in [0.29, 0.717) is 0 Å². The molecule has 0 aliphatic heterocycles. The largest absolute Gasteiger partial charge is 0.224 e. The molecule has 0 aliphatic carbocycles. The van der Waals surface area contributed by atoms with E-state index in [-0.39, 0.29) is 14.9 Å². The second-order valence-corrected chi connectivity index (χ2v) is 7.44. The quantitative estimate of drug-likeness (QED) is 0.796. The van der Waals surface area contributed by atoms with Crippen molar-refractivity contribution in [1.82, 2.24) is 0 Å². The average molecular weight is 333 g/mol. The van der Waals surface area contributed by atoms with Crippen molar-refractivity contribution in [3.63, 3.8) is 0 Å². The summed E-state index contributed by atoms with van der Waals surface area (Å²) in [5.74, 6) is -0.725. The first-order chi connectivity index (χ1) is 7.68. The van der Waals surface area contributed by atoms with Gasteiger partial charge in [0, 0.05) is 0 Å². The van der Waals surface area contributed by atoms with Crippen LogP contribution in [0.4, 0.5) is 0 Å². The Balaban J connectivity index is 3.16. The molecule has 0 heterocycles. The standard InChI is InChI=1S/C9H5Cl4NO2S/c10-7-2-1-6(3-8(7)11)17(15,16)5-9(12,13)4-14/h1-3H,5H2. The lowest BCUT2D eigenvalue weighted by molar-refractivity contribution is 0.595. The summed E-state index contributed by atoms with van der Waals surface area (Å²) >= 11 is 22.3. The van der Waals surface area contributed by atoms with Crippen LogP contribution in [0, 0.1) is 11.3 Å². The summed E-state index contributed by atoms with van der Waals surface area (Å²) in [6.45, 7) is 0. The highest BCUT2D eigenvalue weighted by molar-refractivity contribution is 7.91. The summed E-state index contributed by atoms with van der Waals surface area (Å²) in [7, 11) is -3.80. The Labute approximate surface area is 119 Å². The topological polar surface area (TPSA) is 57.9 Å². The van der Waals surface area contributed by atoms with Crippen LogP contribution < -0.4 is 0 Å². The Morgan fingerprint density at radius 2 is 1.82 bits per heavy atom. The molecule has 0 radical (unpaired) electrons. The molecule has 92 valence electrons. The second-order valence-electron chi connectivity index (χ2n) is 3.15. The maximum Gasteiger partial charge on any atom is 0.217 e. The third-order valence-corrected chi connectivity index (χ3v) is 5.06. The zero-order valence-electron chi connectivity index (χ0n) is 8.12. The highest BCUT2D eigenvalue weighted by Gasteiger charge is 2.32. The fourth-order valence-corrected chi connectivity index (χ4v) is 3.53. The molecule has 0 spiro atoms. The van der Waals surface area contributed by atoms with E-state index in [9.17, 15) is 8.42 Å². The van der Waals surface area contributed by atoms with Gasteiger partial charge in [-0.05, 0) is 18.2 Å². The van der Waals surface area contributed by atoms with Crippen molar-refractivity contribution in [2.45, 2.75) is 9.23 Å². The number of alkyl halides is 2. The predicted octanol–water partition coefficient (Wildman–Crippen LogP) is 3.46. The normalized spacial score (nSPS) is 12.2. The number of nitrogens with zero attached hydrogens (tertiary/aromatic N) is 1. The van der Waals surface area contributed by atoms with Gasteiger partial charge in [-0.25, -0.2) is 8.42 Å². The fraction of sp³-hybridized carbons (Fsp3) is 0.222. The van der Waals surface area contributed by atoms with Gasteiger partial charge in [-0.2, -0.15) is 5.26 Å².